The van der Waals surface area contributed by atoms with Gasteiger partial charge in [-0.25, -0.2) is 4.79 Å². The maximum atomic E-state index is 13.7. The van der Waals surface area contributed by atoms with Crippen molar-refractivity contribution in [3.8, 4) is 5.75 Å². The third-order valence-corrected chi connectivity index (χ3v) is 9.92. The zero-order chi connectivity index (χ0) is 28.4. The summed E-state index contributed by atoms with van der Waals surface area (Å²) in [5.41, 5.74) is -4.93. The Morgan fingerprint density at radius 2 is 1.29 bits per heavy atom. The van der Waals surface area contributed by atoms with Gasteiger partial charge in [0.25, 0.3) is 0 Å². The van der Waals surface area contributed by atoms with Crippen molar-refractivity contribution in [2.75, 3.05) is 6.61 Å². The summed E-state index contributed by atoms with van der Waals surface area (Å²) in [5, 5.41) is 0. The lowest BCUT2D eigenvalue weighted by atomic mass is 10.2. The molecule has 0 unspecified atom stereocenters. The molecule has 0 aliphatic carbocycles. The van der Waals surface area contributed by atoms with E-state index in [0.29, 0.717) is 11.1 Å². The average molecular weight is 571 g/mol. The van der Waals surface area contributed by atoms with Gasteiger partial charge in [0.1, 0.15) is 11.4 Å². The zero-order valence-electron chi connectivity index (χ0n) is 21.5. The highest BCUT2D eigenvalue weighted by molar-refractivity contribution is 8.33. The molecule has 0 amide bonds. The summed E-state index contributed by atoms with van der Waals surface area (Å²) in [7, 11) is -9.48. The van der Waals surface area contributed by atoms with Crippen LogP contribution in [-0.4, -0.2) is 32.1 Å². The van der Waals surface area contributed by atoms with Crippen molar-refractivity contribution in [1.29, 1.82) is 0 Å². The van der Waals surface area contributed by atoms with Gasteiger partial charge in [-0.05, 0) is 105 Å². The van der Waals surface area contributed by atoms with E-state index in [0.717, 1.165) is 0 Å². The van der Waals surface area contributed by atoms with Gasteiger partial charge in [-0.3, -0.25) is 0 Å². The molecule has 0 bridgehead atoms. The number of aryl methyl sites for hydroxylation is 2. The monoisotopic (exact) mass is 570 g/mol. The Balaban J connectivity index is 2.17. The Morgan fingerprint density at radius 1 is 0.789 bits per heavy atom. The normalized spacial score (nSPS) is 13.2. The molecule has 0 aliphatic rings. The van der Waals surface area contributed by atoms with Gasteiger partial charge in [-0.1, -0.05) is 24.3 Å². The zero-order valence-corrected chi connectivity index (χ0v) is 23.2. The minimum atomic E-state index is -6.03. The lowest BCUT2D eigenvalue weighted by Crippen LogP contribution is -2.27. The van der Waals surface area contributed by atoms with Crippen LogP contribution in [0.4, 0.5) is 13.2 Å². The second-order valence-corrected chi connectivity index (χ2v) is 13.9. The molecule has 0 radical (unpaired) electrons. The number of carbonyl (C=O) groups is 1. The number of hydrogen-bond donors (Lipinski definition) is 0. The van der Waals surface area contributed by atoms with Crippen LogP contribution in [0.15, 0.2) is 87.5 Å². The summed E-state index contributed by atoms with van der Waals surface area (Å²) in [4.78, 5) is 12.7. The molecule has 0 heterocycles. The molecule has 0 atom stereocenters. The fourth-order valence-corrected chi connectivity index (χ4v) is 8.43. The van der Waals surface area contributed by atoms with Crippen molar-refractivity contribution in [1.82, 2.24) is 0 Å². The van der Waals surface area contributed by atoms with Gasteiger partial charge in [0.05, 0.1) is 0 Å². The van der Waals surface area contributed by atoms with Gasteiger partial charge in [0.15, 0.2) is 6.61 Å². The van der Waals surface area contributed by atoms with E-state index < -0.39 is 37.5 Å². The molecule has 3 aromatic rings. The van der Waals surface area contributed by atoms with E-state index in [1.165, 1.54) is 24.3 Å². The summed E-state index contributed by atoms with van der Waals surface area (Å²) in [6.07, 6.45) is 0. The van der Waals surface area contributed by atoms with Crippen LogP contribution >= 0.6 is 10.3 Å². The fraction of sp³-hybridized carbons (Fsp3) is 0.296. The second kappa shape index (κ2) is 11.0. The van der Waals surface area contributed by atoms with Crippen molar-refractivity contribution in [2.24, 2.45) is 0 Å². The maximum Gasteiger partial charge on any atom is 0.524 e. The van der Waals surface area contributed by atoms with E-state index in [9.17, 15) is 26.4 Å². The van der Waals surface area contributed by atoms with Crippen molar-refractivity contribution >= 4 is 26.4 Å². The highest BCUT2D eigenvalue weighted by atomic mass is 32.3. The number of ether oxygens (including phenoxy) is 2. The highest BCUT2D eigenvalue weighted by Crippen LogP contribution is 2.70. The van der Waals surface area contributed by atoms with Crippen LogP contribution in [-0.2, 0) is 23.3 Å². The number of halogens is 3. The quantitative estimate of drug-likeness (QED) is 0.213. The summed E-state index contributed by atoms with van der Waals surface area (Å²) in [6, 6.07) is 18.8. The Hall–Kier alpha value is -3.02. The Labute approximate surface area is 222 Å². The van der Waals surface area contributed by atoms with E-state index in [2.05, 4.69) is 0 Å². The molecular weight excluding hydrogens is 541 g/mol. The maximum absolute atomic E-state index is 13.7. The number of benzene rings is 3. The van der Waals surface area contributed by atoms with E-state index >= 15 is 0 Å². The molecule has 3 rings (SSSR count). The predicted molar refractivity (Wildman–Crippen MR) is 139 cm³/mol. The molecule has 206 valence electrons. The lowest BCUT2D eigenvalue weighted by Gasteiger charge is -2.39. The molecule has 6 nitrogen and oxygen atoms in total. The molecule has 11 heteroatoms. The van der Waals surface area contributed by atoms with Crippen molar-refractivity contribution in [3.63, 3.8) is 0 Å². The van der Waals surface area contributed by atoms with Gasteiger partial charge < -0.3 is 9.47 Å². The molecule has 0 saturated heterocycles. The fourth-order valence-electron chi connectivity index (χ4n) is 3.53. The van der Waals surface area contributed by atoms with Crippen molar-refractivity contribution in [2.45, 2.75) is 60.4 Å². The van der Waals surface area contributed by atoms with E-state index in [1.807, 2.05) is 0 Å². The Kier molecular flexibility index (Phi) is 8.55. The Morgan fingerprint density at radius 3 is 1.71 bits per heavy atom. The van der Waals surface area contributed by atoms with E-state index in [-0.39, 0.29) is 27.0 Å². The van der Waals surface area contributed by atoms with E-state index in [4.69, 9.17) is 13.1 Å². The van der Waals surface area contributed by atoms with Gasteiger partial charge in [-0.2, -0.15) is 25.2 Å². The number of carbonyl (C=O) groups excluding carboxylic acids is 1. The smallest absolute Gasteiger partial charge is 0.482 e. The highest BCUT2D eigenvalue weighted by Gasteiger charge is 2.52. The molecule has 0 N–H and O–H groups in total. The van der Waals surface area contributed by atoms with Crippen LogP contribution in [0.25, 0.3) is 0 Å². The predicted octanol–water partition coefficient (Wildman–Crippen LogP) is 7.09. The molecule has 0 spiro atoms. The molecule has 3 aromatic carbocycles. The van der Waals surface area contributed by atoms with Gasteiger partial charge >= 0.3 is 21.6 Å². The standard InChI is InChI=1S/C27H29F3O6S2/c1-19-8-6-10-23(16-19)37(24-11-7-9-20(2)17-24,36-38(32,33)27(28,29)30)22-14-12-21(13-15-22)34-18-25(31)35-26(3,4)5/h6-17H,18H2,1-5H3. The van der Waals surface area contributed by atoms with Crippen molar-refractivity contribution in [3.05, 3.63) is 83.9 Å². The molecule has 38 heavy (non-hydrogen) atoms. The first-order valence-corrected chi connectivity index (χ1v) is 14.4. The lowest BCUT2D eigenvalue weighted by molar-refractivity contribution is -0.157. The van der Waals surface area contributed by atoms with Crippen LogP contribution in [0.2, 0.25) is 0 Å². The largest absolute Gasteiger partial charge is 0.524 e. The average Bonchev–Trinajstić information content (AvgIpc) is 2.80. The molecule has 0 saturated carbocycles. The summed E-state index contributed by atoms with van der Waals surface area (Å²) in [6.45, 7) is 8.25. The first kappa shape index (κ1) is 29.5. The summed E-state index contributed by atoms with van der Waals surface area (Å²) >= 11 is 0. The SMILES string of the molecule is Cc1cccc(S(OS(=O)(=O)C(F)(F)F)(c2ccc(OCC(=O)OC(C)(C)C)cc2)c2cccc(C)c2)c1. The van der Waals surface area contributed by atoms with E-state index in [1.54, 1.807) is 83.1 Å². The minimum Gasteiger partial charge on any atom is -0.482 e. The van der Waals surface area contributed by atoms with Crippen LogP contribution in [0.5, 0.6) is 5.75 Å². The summed E-state index contributed by atoms with van der Waals surface area (Å²) in [5.74, 6) is -0.360. The number of rotatable bonds is 8. The number of hydrogen-bond acceptors (Lipinski definition) is 6. The minimum absolute atomic E-state index is 0.186. The van der Waals surface area contributed by atoms with Crippen LogP contribution in [0.1, 0.15) is 31.9 Å². The second-order valence-electron chi connectivity index (χ2n) is 9.50. The molecule has 0 aromatic heterocycles. The molecule has 0 aliphatic heterocycles. The first-order chi connectivity index (χ1) is 17.5. The van der Waals surface area contributed by atoms with Gasteiger partial charge in [0, 0.05) is 14.7 Å². The van der Waals surface area contributed by atoms with Gasteiger partial charge in [-0.15, -0.1) is 0 Å². The summed E-state index contributed by atoms with van der Waals surface area (Å²) < 4.78 is 82.0. The molecular formula is C27H29F3O6S2. The Bertz CT molecular complexity index is 1350. The van der Waals surface area contributed by atoms with Crippen LogP contribution in [0, 0.1) is 13.8 Å². The topological polar surface area (TPSA) is 78.9 Å². The van der Waals surface area contributed by atoms with Crippen LogP contribution < -0.4 is 4.74 Å². The third-order valence-electron chi connectivity index (χ3n) is 5.05. The number of esters is 1. The molecule has 0 fully saturated rings. The van der Waals surface area contributed by atoms with Crippen molar-refractivity contribution < 1.29 is 39.5 Å². The third kappa shape index (κ3) is 6.89. The van der Waals surface area contributed by atoms with Crippen LogP contribution in [0.3, 0.4) is 0 Å². The first-order valence-electron chi connectivity index (χ1n) is 11.5. The number of alkyl halides is 3. The van der Waals surface area contributed by atoms with Gasteiger partial charge in [0.2, 0.25) is 0 Å².